The van der Waals surface area contributed by atoms with Gasteiger partial charge in [-0.15, -0.1) is 0 Å². The van der Waals surface area contributed by atoms with Crippen LogP contribution in [0, 0.1) is 13.7 Å². The number of hydrogen-bond acceptors (Lipinski definition) is 4. The van der Waals surface area contributed by atoms with Crippen molar-refractivity contribution in [2.24, 2.45) is 0 Å². The molecule has 0 aromatic heterocycles. The molecule has 0 heterocycles. The average molecular weight is 463 g/mol. The number of nitro groups is 1. The summed E-state index contributed by atoms with van der Waals surface area (Å²) in [5.74, 6) is -0.913. The van der Waals surface area contributed by atoms with Gasteiger partial charge in [-0.2, -0.15) is 0 Å². The Balaban J connectivity index is 2.41. The molecular formula is C13H8BrIN2O4. The van der Waals surface area contributed by atoms with Crippen molar-refractivity contribution in [1.82, 2.24) is 0 Å². The number of carbonyl (C=O) groups is 1. The first kappa shape index (κ1) is 15.7. The molecule has 0 atom stereocenters. The average Bonchev–Trinajstić information content (AvgIpc) is 2.43. The summed E-state index contributed by atoms with van der Waals surface area (Å²) in [6, 6.07) is 8.96. The van der Waals surface area contributed by atoms with E-state index in [1.165, 1.54) is 18.2 Å². The first-order chi connectivity index (χ1) is 9.90. The highest BCUT2D eigenvalue weighted by atomic mass is 127. The van der Waals surface area contributed by atoms with Crippen LogP contribution in [0.4, 0.5) is 11.4 Å². The first-order valence-corrected chi connectivity index (χ1v) is 7.50. The number of rotatable bonds is 3. The zero-order valence-electron chi connectivity index (χ0n) is 10.3. The highest BCUT2D eigenvalue weighted by Gasteiger charge is 2.21. The number of nitrogens with one attached hydrogen (secondary N) is 1. The normalized spacial score (nSPS) is 10.2. The minimum Gasteiger partial charge on any atom is -0.505 e. The Bertz CT molecular complexity index is 736. The molecule has 0 spiro atoms. The van der Waals surface area contributed by atoms with Crippen molar-refractivity contribution in [2.75, 3.05) is 5.32 Å². The zero-order valence-corrected chi connectivity index (χ0v) is 14.1. The number of nitrogens with zero attached hydrogens (tertiary/aromatic N) is 1. The fourth-order valence-electron chi connectivity index (χ4n) is 1.66. The van der Waals surface area contributed by atoms with Crippen LogP contribution in [-0.2, 0) is 0 Å². The van der Waals surface area contributed by atoms with Crippen LogP contribution in [0.25, 0.3) is 0 Å². The first-order valence-electron chi connectivity index (χ1n) is 5.63. The lowest BCUT2D eigenvalue weighted by molar-refractivity contribution is -0.384. The Hall–Kier alpha value is -1.68. The third-order valence-corrected chi connectivity index (χ3v) is 3.99. The van der Waals surface area contributed by atoms with Crippen LogP contribution in [0.1, 0.15) is 10.4 Å². The van der Waals surface area contributed by atoms with E-state index in [0.29, 0.717) is 10.0 Å². The lowest BCUT2D eigenvalue weighted by Gasteiger charge is -2.09. The largest absolute Gasteiger partial charge is 0.505 e. The van der Waals surface area contributed by atoms with E-state index in [1.807, 2.05) is 6.07 Å². The molecule has 0 aliphatic carbocycles. The van der Waals surface area contributed by atoms with Crippen LogP contribution < -0.4 is 5.32 Å². The lowest BCUT2D eigenvalue weighted by Crippen LogP contribution is -2.14. The van der Waals surface area contributed by atoms with Crippen molar-refractivity contribution in [3.63, 3.8) is 0 Å². The van der Waals surface area contributed by atoms with E-state index >= 15 is 0 Å². The number of aromatic hydroxyl groups is 1. The number of amides is 1. The molecule has 8 heteroatoms. The molecule has 0 bridgehead atoms. The van der Waals surface area contributed by atoms with E-state index < -0.39 is 10.8 Å². The molecule has 2 rings (SSSR count). The Morgan fingerprint density at radius 3 is 2.71 bits per heavy atom. The van der Waals surface area contributed by atoms with E-state index in [9.17, 15) is 20.0 Å². The second kappa shape index (κ2) is 6.39. The monoisotopic (exact) mass is 462 g/mol. The Morgan fingerprint density at radius 2 is 2.05 bits per heavy atom. The van der Waals surface area contributed by atoms with E-state index in [4.69, 9.17) is 0 Å². The van der Waals surface area contributed by atoms with Gasteiger partial charge >= 0.3 is 0 Å². The Morgan fingerprint density at radius 1 is 1.33 bits per heavy atom. The van der Waals surface area contributed by atoms with Crippen molar-refractivity contribution in [3.05, 3.63) is 60.1 Å². The molecular weight excluding hydrogens is 455 g/mol. The fourth-order valence-corrected chi connectivity index (χ4v) is 2.58. The van der Waals surface area contributed by atoms with Crippen LogP contribution in [-0.4, -0.2) is 15.9 Å². The van der Waals surface area contributed by atoms with Gasteiger partial charge in [0.1, 0.15) is 5.75 Å². The van der Waals surface area contributed by atoms with Gasteiger partial charge in [0.05, 0.1) is 10.5 Å². The van der Waals surface area contributed by atoms with Crippen molar-refractivity contribution in [1.29, 1.82) is 0 Å². The maximum atomic E-state index is 12.2. The van der Waals surface area contributed by atoms with Crippen molar-refractivity contribution < 1.29 is 14.8 Å². The molecule has 2 N–H and O–H groups in total. The van der Waals surface area contributed by atoms with Gasteiger partial charge in [-0.1, -0.05) is 6.07 Å². The molecule has 21 heavy (non-hydrogen) atoms. The number of anilines is 1. The second-order valence-electron chi connectivity index (χ2n) is 4.01. The molecule has 1 amide bonds. The predicted octanol–water partition coefficient (Wildman–Crippen LogP) is 3.92. The molecule has 0 aliphatic rings. The summed E-state index contributed by atoms with van der Waals surface area (Å²) in [5.41, 5.74) is -0.275. The number of para-hydroxylation sites is 1. The molecule has 6 nitrogen and oxygen atoms in total. The lowest BCUT2D eigenvalue weighted by atomic mass is 10.2. The zero-order chi connectivity index (χ0) is 15.6. The number of halogens is 2. The van der Waals surface area contributed by atoms with Gasteiger partial charge in [0.2, 0.25) is 0 Å². The van der Waals surface area contributed by atoms with Crippen LogP contribution in [0.15, 0.2) is 40.9 Å². The minimum atomic E-state index is -0.668. The molecule has 0 radical (unpaired) electrons. The SMILES string of the molecule is O=C(Nc1c(O)cccc1[N+](=O)[O-])c1cc(I)ccc1Br. The Kier molecular flexibility index (Phi) is 4.78. The van der Waals surface area contributed by atoms with Gasteiger partial charge in [-0.05, 0) is 62.8 Å². The Labute approximate surface area is 141 Å². The van der Waals surface area contributed by atoms with E-state index in [1.54, 1.807) is 12.1 Å². The molecule has 0 aliphatic heterocycles. The standard InChI is InChI=1S/C13H8BrIN2O4/c14-9-5-4-7(15)6-8(9)13(19)16-12-10(17(20)21)2-1-3-11(12)18/h1-6,18H,(H,16,19). The summed E-state index contributed by atoms with van der Waals surface area (Å²) < 4.78 is 1.39. The van der Waals surface area contributed by atoms with Crippen LogP contribution in [0.5, 0.6) is 5.75 Å². The summed E-state index contributed by atoms with van der Waals surface area (Å²) >= 11 is 5.30. The molecule has 0 saturated carbocycles. The molecule has 0 fully saturated rings. The predicted molar refractivity (Wildman–Crippen MR) is 89.6 cm³/mol. The topological polar surface area (TPSA) is 92.5 Å². The van der Waals surface area contributed by atoms with E-state index in [2.05, 4.69) is 43.8 Å². The van der Waals surface area contributed by atoms with Gasteiger partial charge in [-0.25, -0.2) is 0 Å². The highest BCUT2D eigenvalue weighted by Crippen LogP contribution is 2.34. The number of hydrogen-bond donors (Lipinski definition) is 2. The van der Waals surface area contributed by atoms with E-state index in [-0.39, 0.29) is 17.1 Å². The summed E-state index contributed by atoms with van der Waals surface area (Å²) in [7, 11) is 0. The number of phenolic OH excluding ortho intramolecular Hbond substituents is 1. The summed E-state index contributed by atoms with van der Waals surface area (Å²) in [4.78, 5) is 22.5. The van der Waals surface area contributed by atoms with Crippen molar-refractivity contribution >= 4 is 55.8 Å². The van der Waals surface area contributed by atoms with E-state index in [0.717, 1.165) is 3.57 Å². The summed E-state index contributed by atoms with van der Waals surface area (Å²) in [5, 5.41) is 23.1. The number of phenols is 1. The van der Waals surface area contributed by atoms with Gasteiger partial charge in [0.15, 0.2) is 5.69 Å². The van der Waals surface area contributed by atoms with Crippen molar-refractivity contribution in [3.8, 4) is 5.75 Å². The molecule has 0 saturated heterocycles. The molecule has 2 aromatic carbocycles. The maximum absolute atomic E-state index is 12.2. The van der Waals surface area contributed by atoms with Gasteiger partial charge < -0.3 is 10.4 Å². The molecule has 2 aromatic rings. The number of nitro benzene ring substituents is 1. The fraction of sp³-hybridized carbons (Fsp3) is 0. The minimum absolute atomic E-state index is 0.224. The van der Waals surface area contributed by atoms with Crippen molar-refractivity contribution in [2.45, 2.75) is 0 Å². The highest BCUT2D eigenvalue weighted by molar-refractivity contribution is 14.1. The molecule has 0 unspecified atom stereocenters. The van der Waals surface area contributed by atoms with Gasteiger partial charge in [0.25, 0.3) is 11.6 Å². The third-order valence-electron chi connectivity index (χ3n) is 2.63. The summed E-state index contributed by atoms with van der Waals surface area (Å²) in [6.45, 7) is 0. The number of carbonyl (C=O) groups excluding carboxylic acids is 1. The van der Waals surface area contributed by atoms with Gasteiger partial charge in [0, 0.05) is 14.1 Å². The maximum Gasteiger partial charge on any atom is 0.296 e. The third kappa shape index (κ3) is 3.50. The number of benzene rings is 2. The summed E-state index contributed by atoms with van der Waals surface area (Å²) in [6.07, 6.45) is 0. The van der Waals surface area contributed by atoms with Gasteiger partial charge in [-0.3, -0.25) is 14.9 Å². The van der Waals surface area contributed by atoms with Crippen LogP contribution in [0.2, 0.25) is 0 Å². The second-order valence-corrected chi connectivity index (χ2v) is 6.11. The van der Waals surface area contributed by atoms with Crippen LogP contribution >= 0.6 is 38.5 Å². The molecule has 108 valence electrons. The van der Waals surface area contributed by atoms with Crippen LogP contribution in [0.3, 0.4) is 0 Å². The quantitative estimate of drug-likeness (QED) is 0.313. The smallest absolute Gasteiger partial charge is 0.296 e.